The average Bonchev–Trinajstić information content (AvgIpc) is 2.64. The minimum Gasteiger partial charge on any atom is -0.491 e. The Balaban J connectivity index is 2.36. The van der Waals surface area contributed by atoms with Crippen LogP contribution >= 0.6 is 23.2 Å². The fourth-order valence-electron chi connectivity index (χ4n) is 2.37. The molecule has 0 unspecified atom stereocenters. The summed E-state index contributed by atoms with van der Waals surface area (Å²) < 4.78 is 44.2. The van der Waals surface area contributed by atoms with Gasteiger partial charge in [0.15, 0.2) is 0 Å². The first kappa shape index (κ1) is 23.6. The van der Waals surface area contributed by atoms with E-state index in [9.17, 15) is 23.2 Å². The summed E-state index contributed by atoms with van der Waals surface area (Å²) in [6.45, 7) is 4.20. The van der Waals surface area contributed by atoms with Crippen LogP contribution in [0.1, 0.15) is 25.0 Å². The normalized spacial score (nSPS) is 11.9. The van der Waals surface area contributed by atoms with Crippen LogP contribution in [0.25, 0.3) is 6.08 Å². The molecule has 0 saturated carbocycles. The molecule has 0 fully saturated rings. The van der Waals surface area contributed by atoms with E-state index in [2.05, 4.69) is 5.32 Å². The summed E-state index contributed by atoms with van der Waals surface area (Å²) in [5, 5.41) is 12.2. The maximum atomic E-state index is 12.9. The number of nitrogens with zero attached hydrogens (tertiary/aromatic N) is 1. The number of hydrogen-bond acceptors (Lipinski definition) is 3. The summed E-state index contributed by atoms with van der Waals surface area (Å²) in [6, 6.07) is 8.76. The van der Waals surface area contributed by atoms with Gasteiger partial charge in [-0.25, -0.2) is 0 Å². The highest BCUT2D eigenvalue weighted by Crippen LogP contribution is 2.34. The van der Waals surface area contributed by atoms with Crippen LogP contribution in [0.2, 0.25) is 10.0 Å². The van der Waals surface area contributed by atoms with Gasteiger partial charge in [-0.2, -0.15) is 18.4 Å². The van der Waals surface area contributed by atoms with Crippen molar-refractivity contribution in [3.05, 3.63) is 63.1 Å². The van der Waals surface area contributed by atoms with E-state index in [4.69, 9.17) is 27.9 Å². The second-order valence-corrected chi connectivity index (χ2v) is 7.56. The standard InChI is InChI=1S/C21H17Cl2F3N2O2/c1-12(2)11-30-19-13(7-16(22)9-18(19)23)6-14(10-27)20(29)28-17-5-3-4-15(8-17)21(24,25)26/h3-9,12H,11H2,1-2H3,(H,28,29)/b14-6+. The molecule has 4 nitrogen and oxygen atoms in total. The van der Waals surface area contributed by atoms with Crippen molar-refractivity contribution in [2.45, 2.75) is 20.0 Å². The number of benzene rings is 2. The van der Waals surface area contributed by atoms with Crippen LogP contribution in [0, 0.1) is 17.2 Å². The fourth-order valence-corrected chi connectivity index (χ4v) is 2.93. The first-order chi connectivity index (χ1) is 14.0. The van der Waals surface area contributed by atoms with E-state index in [0.29, 0.717) is 12.2 Å². The molecule has 2 aromatic rings. The zero-order valence-electron chi connectivity index (χ0n) is 16.0. The van der Waals surface area contributed by atoms with Crippen LogP contribution in [-0.2, 0) is 11.0 Å². The summed E-state index contributed by atoms with van der Waals surface area (Å²) in [5.74, 6) is -0.453. The van der Waals surface area contributed by atoms with Gasteiger partial charge in [0, 0.05) is 16.3 Å². The van der Waals surface area contributed by atoms with Crippen molar-refractivity contribution < 1.29 is 22.7 Å². The molecule has 0 saturated heterocycles. The lowest BCUT2D eigenvalue weighted by molar-refractivity contribution is -0.137. The van der Waals surface area contributed by atoms with Crippen LogP contribution in [0.15, 0.2) is 42.0 Å². The number of carbonyl (C=O) groups is 1. The molecule has 0 aliphatic rings. The lowest BCUT2D eigenvalue weighted by atomic mass is 10.1. The number of nitriles is 1. The summed E-state index contributed by atoms with van der Waals surface area (Å²) in [5.41, 5.74) is -1.09. The smallest absolute Gasteiger partial charge is 0.416 e. The van der Waals surface area contributed by atoms with Crippen LogP contribution in [0.3, 0.4) is 0 Å². The van der Waals surface area contributed by atoms with Crippen LogP contribution in [-0.4, -0.2) is 12.5 Å². The zero-order chi connectivity index (χ0) is 22.5. The number of ether oxygens (including phenoxy) is 1. The zero-order valence-corrected chi connectivity index (χ0v) is 17.5. The molecular formula is C21H17Cl2F3N2O2. The highest BCUT2D eigenvalue weighted by molar-refractivity contribution is 6.36. The minimum atomic E-state index is -4.56. The maximum absolute atomic E-state index is 12.9. The number of amides is 1. The van der Waals surface area contributed by atoms with Gasteiger partial charge in [-0.1, -0.05) is 43.1 Å². The molecule has 0 aliphatic heterocycles. The van der Waals surface area contributed by atoms with Crippen molar-refractivity contribution >= 4 is 40.9 Å². The number of nitrogens with one attached hydrogen (secondary N) is 1. The Kier molecular flexibility index (Phi) is 7.77. The largest absolute Gasteiger partial charge is 0.491 e. The molecule has 1 N–H and O–H groups in total. The third kappa shape index (κ3) is 6.41. The molecule has 1 amide bonds. The predicted molar refractivity (Wildman–Crippen MR) is 110 cm³/mol. The molecule has 158 valence electrons. The van der Waals surface area contributed by atoms with E-state index in [1.54, 1.807) is 6.07 Å². The minimum absolute atomic E-state index is 0.101. The molecular weight excluding hydrogens is 440 g/mol. The summed E-state index contributed by atoms with van der Waals surface area (Å²) >= 11 is 12.2. The van der Waals surface area contributed by atoms with E-state index in [1.165, 1.54) is 24.3 Å². The number of anilines is 1. The second kappa shape index (κ2) is 9.88. The number of rotatable bonds is 6. The highest BCUT2D eigenvalue weighted by atomic mass is 35.5. The Morgan fingerprint density at radius 2 is 1.97 bits per heavy atom. The van der Waals surface area contributed by atoms with Gasteiger partial charge >= 0.3 is 6.18 Å². The third-order valence-corrected chi connectivity index (χ3v) is 4.21. The molecule has 0 bridgehead atoms. The molecule has 0 atom stereocenters. The first-order valence-electron chi connectivity index (χ1n) is 8.73. The molecule has 0 spiro atoms. The van der Waals surface area contributed by atoms with E-state index in [-0.39, 0.29) is 33.0 Å². The molecule has 0 aliphatic carbocycles. The van der Waals surface area contributed by atoms with Crippen LogP contribution in [0.5, 0.6) is 5.75 Å². The molecule has 0 aromatic heterocycles. The Labute approximate surface area is 181 Å². The summed E-state index contributed by atoms with van der Waals surface area (Å²) in [7, 11) is 0. The Morgan fingerprint density at radius 3 is 2.57 bits per heavy atom. The quantitative estimate of drug-likeness (QED) is 0.393. The molecule has 0 heterocycles. The summed E-state index contributed by atoms with van der Waals surface area (Å²) in [6.07, 6.45) is -3.34. The topological polar surface area (TPSA) is 62.1 Å². The Bertz CT molecular complexity index is 1010. The number of alkyl halides is 3. The van der Waals surface area contributed by atoms with Gasteiger partial charge < -0.3 is 10.1 Å². The molecule has 9 heteroatoms. The third-order valence-electron chi connectivity index (χ3n) is 3.71. The Hall–Kier alpha value is -2.69. The monoisotopic (exact) mass is 456 g/mol. The lowest BCUT2D eigenvalue weighted by Crippen LogP contribution is -2.14. The van der Waals surface area contributed by atoms with Crippen molar-refractivity contribution in [1.29, 1.82) is 5.26 Å². The van der Waals surface area contributed by atoms with Crippen LogP contribution in [0.4, 0.5) is 18.9 Å². The summed E-state index contributed by atoms with van der Waals surface area (Å²) in [4.78, 5) is 12.5. The number of hydrogen-bond donors (Lipinski definition) is 1. The van der Waals surface area contributed by atoms with Crippen molar-refractivity contribution in [2.24, 2.45) is 5.92 Å². The fraction of sp³-hybridized carbons (Fsp3) is 0.238. The molecule has 2 aromatic carbocycles. The Morgan fingerprint density at radius 1 is 1.27 bits per heavy atom. The van der Waals surface area contributed by atoms with Gasteiger partial charge in [0.2, 0.25) is 0 Å². The van der Waals surface area contributed by atoms with Gasteiger partial charge in [0.05, 0.1) is 17.2 Å². The highest BCUT2D eigenvalue weighted by Gasteiger charge is 2.30. The van der Waals surface area contributed by atoms with E-state index in [0.717, 1.165) is 18.2 Å². The molecule has 0 radical (unpaired) electrons. The van der Waals surface area contributed by atoms with E-state index < -0.39 is 17.6 Å². The van der Waals surface area contributed by atoms with Crippen molar-refractivity contribution in [2.75, 3.05) is 11.9 Å². The van der Waals surface area contributed by atoms with Gasteiger partial charge in [0.25, 0.3) is 5.91 Å². The molecule has 30 heavy (non-hydrogen) atoms. The average molecular weight is 457 g/mol. The van der Waals surface area contributed by atoms with E-state index in [1.807, 2.05) is 13.8 Å². The van der Waals surface area contributed by atoms with Gasteiger partial charge in [0.1, 0.15) is 17.4 Å². The SMILES string of the molecule is CC(C)COc1c(Cl)cc(Cl)cc1/C=C(\C#N)C(=O)Nc1cccc(C(F)(F)F)c1. The maximum Gasteiger partial charge on any atom is 0.416 e. The number of carbonyl (C=O) groups excluding carboxylic acids is 1. The van der Waals surface area contributed by atoms with Crippen molar-refractivity contribution in [1.82, 2.24) is 0 Å². The lowest BCUT2D eigenvalue weighted by Gasteiger charge is -2.14. The van der Waals surface area contributed by atoms with Crippen molar-refractivity contribution in [3.63, 3.8) is 0 Å². The number of halogens is 5. The molecule has 2 rings (SSSR count). The van der Waals surface area contributed by atoms with Gasteiger partial charge in [-0.05, 0) is 42.3 Å². The van der Waals surface area contributed by atoms with E-state index >= 15 is 0 Å². The second-order valence-electron chi connectivity index (χ2n) is 6.71. The van der Waals surface area contributed by atoms with Crippen LogP contribution < -0.4 is 10.1 Å². The predicted octanol–water partition coefficient (Wildman–Crippen LogP) is 6.59. The van der Waals surface area contributed by atoms with Crippen molar-refractivity contribution in [3.8, 4) is 11.8 Å². The first-order valence-corrected chi connectivity index (χ1v) is 9.49. The van der Waals surface area contributed by atoms with Gasteiger partial charge in [-0.15, -0.1) is 0 Å². The van der Waals surface area contributed by atoms with Gasteiger partial charge in [-0.3, -0.25) is 4.79 Å².